The first-order chi connectivity index (χ1) is 14.1. The summed E-state index contributed by atoms with van der Waals surface area (Å²) in [5, 5.41) is 7.49. The Balaban J connectivity index is 1.69. The van der Waals surface area contributed by atoms with Crippen LogP contribution in [0.4, 0.5) is 17.2 Å². The number of rotatable bonds is 5. The fraction of sp³-hybridized carbons (Fsp3) is 0.0455. The number of para-hydroxylation sites is 1. The maximum atomic E-state index is 12.8. The summed E-state index contributed by atoms with van der Waals surface area (Å²) in [4.78, 5) is 21.7. The van der Waals surface area contributed by atoms with E-state index >= 15 is 0 Å². The molecule has 0 atom stereocenters. The highest BCUT2D eigenvalue weighted by atomic mass is 35.5. The predicted octanol–water partition coefficient (Wildman–Crippen LogP) is 5.29. The summed E-state index contributed by atoms with van der Waals surface area (Å²) < 4.78 is 5.19. The van der Waals surface area contributed by atoms with Crippen LogP contribution in [-0.2, 0) is 0 Å². The van der Waals surface area contributed by atoms with Gasteiger partial charge in [0.25, 0.3) is 5.91 Å². The van der Waals surface area contributed by atoms with Gasteiger partial charge in [0.15, 0.2) is 0 Å². The molecule has 0 bridgehead atoms. The number of benzene rings is 3. The molecular formula is C22H17ClN4O2. The lowest BCUT2D eigenvalue weighted by molar-refractivity contribution is 0.101. The van der Waals surface area contributed by atoms with E-state index in [2.05, 4.69) is 20.6 Å². The number of ether oxygens (including phenoxy) is 1. The highest BCUT2D eigenvalue weighted by Crippen LogP contribution is 2.25. The molecule has 0 radical (unpaired) electrons. The van der Waals surface area contributed by atoms with Crippen molar-refractivity contribution in [3.63, 3.8) is 0 Å². The summed E-state index contributed by atoms with van der Waals surface area (Å²) in [7, 11) is 1.57. The van der Waals surface area contributed by atoms with Crippen LogP contribution in [0.2, 0.25) is 5.02 Å². The van der Waals surface area contributed by atoms with Crippen molar-refractivity contribution in [2.24, 2.45) is 0 Å². The molecule has 0 saturated carbocycles. The summed E-state index contributed by atoms with van der Waals surface area (Å²) in [6, 6.07) is 21.8. The van der Waals surface area contributed by atoms with Crippen molar-refractivity contribution in [1.29, 1.82) is 0 Å². The second kappa shape index (κ2) is 8.16. The number of anilines is 3. The Morgan fingerprint density at radius 2 is 1.72 bits per heavy atom. The van der Waals surface area contributed by atoms with Crippen LogP contribution in [0, 0.1) is 0 Å². The standard InChI is InChI=1S/C22H17ClN4O2/c1-29-17-6-4-5-16(13-17)25-22(28)21-26-19-8-3-2-7-18(19)20(27-21)24-15-11-9-14(23)10-12-15/h2-13H,1H3,(H,25,28)(H,24,26,27). The van der Waals surface area contributed by atoms with E-state index in [1.807, 2.05) is 36.4 Å². The first-order valence-electron chi connectivity index (χ1n) is 8.87. The molecule has 0 aliphatic rings. The van der Waals surface area contributed by atoms with Crippen LogP contribution in [-0.4, -0.2) is 23.0 Å². The summed E-state index contributed by atoms with van der Waals surface area (Å²) >= 11 is 5.96. The maximum absolute atomic E-state index is 12.8. The largest absolute Gasteiger partial charge is 0.497 e. The zero-order valence-electron chi connectivity index (χ0n) is 15.5. The highest BCUT2D eigenvalue weighted by molar-refractivity contribution is 6.30. The molecule has 4 aromatic rings. The van der Waals surface area contributed by atoms with Gasteiger partial charge in [-0.1, -0.05) is 29.8 Å². The van der Waals surface area contributed by atoms with Gasteiger partial charge in [0.05, 0.1) is 12.6 Å². The SMILES string of the molecule is COc1cccc(NC(=O)c2nc(Nc3ccc(Cl)cc3)c3ccccc3n2)c1. The second-order valence-electron chi connectivity index (χ2n) is 6.23. The third-order valence-corrected chi connectivity index (χ3v) is 4.49. The fourth-order valence-electron chi connectivity index (χ4n) is 2.83. The van der Waals surface area contributed by atoms with Crippen LogP contribution in [0.3, 0.4) is 0 Å². The van der Waals surface area contributed by atoms with E-state index in [4.69, 9.17) is 16.3 Å². The summed E-state index contributed by atoms with van der Waals surface area (Å²) in [6.45, 7) is 0. The molecule has 1 amide bonds. The Hall–Kier alpha value is -3.64. The molecule has 0 unspecified atom stereocenters. The number of nitrogens with one attached hydrogen (secondary N) is 2. The topological polar surface area (TPSA) is 76.1 Å². The Labute approximate surface area is 172 Å². The zero-order chi connectivity index (χ0) is 20.2. The van der Waals surface area contributed by atoms with Gasteiger partial charge in [-0.3, -0.25) is 4.79 Å². The summed E-state index contributed by atoms with van der Waals surface area (Å²) in [5.41, 5.74) is 2.06. The van der Waals surface area contributed by atoms with Crippen LogP contribution < -0.4 is 15.4 Å². The van der Waals surface area contributed by atoms with Crippen LogP contribution in [0.25, 0.3) is 10.9 Å². The Kier molecular flexibility index (Phi) is 5.27. The van der Waals surface area contributed by atoms with E-state index in [0.717, 1.165) is 11.1 Å². The minimum atomic E-state index is -0.414. The molecule has 7 heteroatoms. The second-order valence-corrected chi connectivity index (χ2v) is 6.67. The lowest BCUT2D eigenvalue weighted by atomic mass is 10.2. The molecule has 1 heterocycles. The molecule has 2 N–H and O–H groups in total. The predicted molar refractivity (Wildman–Crippen MR) is 115 cm³/mol. The van der Waals surface area contributed by atoms with Crippen LogP contribution in [0.1, 0.15) is 10.6 Å². The fourth-order valence-corrected chi connectivity index (χ4v) is 2.96. The van der Waals surface area contributed by atoms with Crippen molar-refractivity contribution >= 4 is 45.6 Å². The first-order valence-corrected chi connectivity index (χ1v) is 9.25. The van der Waals surface area contributed by atoms with Gasteiger partial charge in [-0.15, -0.1) is 0 Å². The molecule has 144 valence electrons. The third-order valence-electron chi connectivity index (χ3n) is 4.24. The van der Waals surface area contributed by atoms with Gasteiger partial charge in [-0.25, -0.2) is 9.97 Å². The van der Waals surface area contributed by atoms with Crippen molar-refractivity contribution < 1.29 is 9.53 Å². The van der Waals surface area contributed by atoms with Crippen molar-refractivity contribution in [2.45, 2.75) is 0 Å². The van der Waals surface area contributed by atoms with Gasteiger partial charge in [0.1, 0.15) is 11.6 Å². The normalized spacial score (nSPS) is 10.6. The molecule has 4 rings (SSSR count). The Morgan fingerprint density at radius 1 is 0.931 bits per heavy atom. The van der Waals surface area contributed by atoms with Crippen molar-refractivity contribution in [3.8, 4) is 5.75 Å². The van der Waals surface area contributed by atoms with Crippen LogP contribution in [0.5, 0.6) is 5.75 Å². The summed E-state index contributed by atoms with van der Waals surface area (Å²) in [5.74, 6) is 0.826. The first kappa shape index (κ1) is 18.7. The third kappa shape index (κ3) is 4.28. The molecule has 0 fully saturated rings. The van der Waals surface area contributed by atoms with Crippen molar-refractivity contribution in [1.82, 2.24) is 9.97 Å². The number of amides is 1. The lowest BCUT2D eigenvalue weighted by Crippen LogP contribution is -2.16. The molecule has 0 saturated heterocycles. The smallest absolute Gasteiger partial charge is 0.293 e. The van der Waals surface area contributed by atoms with E-state index < -0.39 is 5.91 Å². The molecule has 29 heavy (non-hydrogen) atoms. The number of nitrogens with zero attached hydrogens (tertiary/aromatic N) is 2. The van der Waals surface area contributed by atoms with Gasteiger partial charge in [0.2, 0.25) is 5.82 Å². The quantitative estimate of drug-likeness (QED) is 0.472. The minimum Gasteiger partial charge on any atom is -0.497 e. The number of hydrogen-bond donors (Lipinski definition) is 2. The number of methoxy groups -OCH3 is 1. The van der Waals surface area contributed by atoms with E-state index in [-0.39, 0.29) is 5.82 Å². The summed E-state index contributed by atoms with van der Waals surface area (Å²) in [6.07, 6.45) is 0. The van der Waals surface area contributed by atoms with Crippen LogP contribution >= 0.6 is 11.6 Å². The Bertz CT molecular complexity index is 1180. The molecule has 6 nitrogen and oxygen atoms in total. The lowest BCUT2D eigenvalue weighted by Gasteiger charge is -2.11. The number of fused-ring (bicyclic) bond motifs is 1. The van der Waals surface area contributed by atoms with E-state index in [1.54, 1.807) is 43.5 Å². The van der Waals surface area contributed by atoms with Gasteiger partial charge in [-0.05, 0) is 48.5 Å². The molecule has 0 aliphatic heterocycles. The van der Waals surface area contributed by atoms with Crippen molar-refractivity contribution in [3.05, 3.63) is 83.6 Å². The monoisotopic (exact) mass is 404 g/mol. The maximum Gasteiger partial charge on any atom is 0.293 e. The van der Waals surface area contributed by atoms with Crippen molar-refractivity contribution in [2.75, 3.05) is 17.7 Å². The number of halogens is 1. The molecule has 0 aliphatic carbocycles. The molecule has 3 aromatic carbocycles. The van der Waals surface area contributed by atoms with Gasteiger partial charge in [-0.2, -0.15) is 0 Å². The number of carbonyl (C=O) groups is 1. The number of carbonyl (C=O) groups excluding carboxylic acids is 1. The minimum absolute atomic E-state index is 0.0583. The number of aromatic nitrogens is 2. The van der Waals surface area contributed by atoms with Gasteiger partial charge < -0.3 is 15.4 Å². The van der Waals surface area contributed by atoms with E-state index in [1.165, 1.54) is 0 Å². The van der Waals surface area contributed by atoms with Gasteiger partial charge in [0, 0.05) is 27.8 Å². The number of hydrogen-bond acceptors (Lipinski definition) is 5. The van der Waals surface area contributed by atoms with Gasteiger partial charge >= 0.3 is 0 Å². The van der Waals surface area contributed by atoms with E-state index in [9.17, 15) is 4.79 Å². The van der Waals surface area contributed by atoms with E-state index in [0.29, 0.717) is 27.8 Å². The molecular weight excluding hydrogens is 388 g/mol. The highest BCUT2D eigenvalue weighted by Gasteiger charge is 2.15. The molecule has 1 aromatic heterocycles. The molecule has 0 spiro atoms. The zero-order valence-corrected chi connectivity index (χ0v) is 16.3. The average Bonchev–Trinajstić information content (AvgIpc) is 2.75. The van der Waals surface area contributed by atoms with Crippen LogP contribution in [0.15, 0.2) is 72.8 Å². The Morgan fingerprint density at radius 3 is 2.52 bits per heavy atom. The average molecular weight is 405 g/mol.